The highest BCUT2D eigenvalue weighted by Crippen LogP contribution is 2.32. The van der Waals surface area contributed by atoms with Gasteiger partial charge in [0.05, 0.1) is 7.11 Å². The summed E-state index contributed by atoms with van der Waals surface area (Å²) in [5.74, 6) is 0.989. The van der Waals surface area contributed by atoms with Crippen LogP contribution < -0.4 is 10.5 Å². The first-order valence-corrected chi connectivity index (χ1v) is 6.63. The number of hydrogen-bond donors (Lipinski definition) is 1. The summed E-state index contributed by atoms with van der Waals surface area (Å²) in [6.45, 7) is 4.14. The van der Waals surface area contributed by atoms with Crippen LogP contribution in [0.2, 0.25) is 0 Å². The Morgan fingerprint density at radius 3 is 2.72 bits per heavy atom. The Balaban J connectivity index is 1.90. The van der Waals surface area contributed by atoms with Crippen molar-refractivity contribution in [3.05, 3.63) is 29.3 Å². The number of rotatable bonds is 6. The van der Waals surface area contributed by atoms with Gasteiger partial charge in [0.2, 0.25) is 0 Å². The van der Waals surface area contributed by atoms with E-state index in [0.717, 1.165) is 25.3 Å². The fourth-order valence-corrected chi connectivity index (χ4v) is 2.35. The van der Waals surface area contributed by atoms with E-state index in [1.54, 1.807) is 7.11 Å². The highest BCUT2D eigenvalue weighted by atomic mass is 16.5. The third-order valence-electron chi connectivity index (χ3n) is 3.68. The normalized spacial score (nSPS) is 16.9. The Kier molecular flexibility index (Phi) is 3.93. The van der Waals surface area contributed by atoms with Crippen molar-refractivity contribution < 1.29 is 4.74 Å². The molecule has 1 fully saturated rings. The van der Waals surface area contributed by atoms with Crippen molar-refractivity contribution in [2.45, 2.75) is 31.7 Å². The molecule has 0 bridgehead atoms. The topological polar surface area (TPSA) is 38.5 Å². The van der Waals surface area contributed by atoms with Crippen LogP contribution in [0.4, 0.5) is 0 Å². The van der Waals surface area contributed by atoms with Gasteiger partial charge in [0.25, 0.3) is 0 Å². The zero-order valence-electron chi connectivity index (χ0n) is 11.7. The molecule has 1 aliphatic carbocycles. The van der Waals surface area contributed by atoms with E-state index >= 15 is 0 Å². The highest BCUT2D eigenvalue weighted by Gasteiger charge is 2.38. The maximum Gasteiger partial charge on any atom is 0.122 e. The van der Waals surface area contributed by atoms with Crippen molar-refractivity contribution in [3.63, 3.8) is 0 Å². The first-order chi connectivity index (χ1) is 8.52. The van der Waals surface area contributed by atoms with Gasteiger partial charge in [-0.1, -0.05) is 17.7 Å². The Morgan fingerprint density at radius 1 is 1.39 bits per heavy atom. The minimum absolute atomic E-state index is 0.103. The average Bonchev–Trinajstić information content (AvgIpc) is 3.04. The number of nitrogens with zero attached hydrogens (tertiary/aromatic N) is 1. The molecule has 0 atom stereocenters. The van der Waals surface area contributed by atoms with Crippen LogP contribution in [0.1, 0.15) is 24.0 Å². The molecule has 0 heterocycles. The lowest BCUT2D eigenvalue weighted by molar-refractivity contribution is 0.304. The second-order valence-corrected chi connectivity index (χ2v) is 5.67. The smallest absolute Gasteiger partial charge is 0.122 e. The van der Waals surface area contributed by atoms with Gasteiger partial charge in [-0.2, -0.15) is 0 Å². The monoisotopic (exact) mass is 248 g/mol. The maximum absolute atomic E-state index is 6.13. The van der Waals surface area contributed by atoms with Crippen molar-refractivity contribution in [2.75, 3.05) is 27.2 Å². The molecule has 2 N–H and O–H groups in total. The third-order valence-corrected chi connectivity index (χ3v) is 3.68. The summed E-state index contributed by atoms with van der Waals surface area (Å²) in [4.78, 5) is 2.33. The number of nitrogens with two attached hydrogens (primary N) is 1. The first kappa shape index (κ1) is 13.4. The molecule has 1 aromatic rings. The quantitative estimate of drug-likeness (QED) is 0.836. The standard InChI is InChI=1S/C15H24N2O/c1-12-4-5-14(18-3)13(10-12)6-9-17(2)11-15(16)7-8-15/h4-5,10H,6-9,11,16H2,1-3H3. The largest absolute Gasteiger partial charge is 0.496 e. The molecule has 100 valence electrons. The minimum Gasteiger partial charge on any atom is -0.496 e. The van der Waals surface area contributed by atoms with Crippen LogP contribution in [0.25, 0.3) is 0 Å². The van der Waals surface area contributed by atoms with Crippen LogP contribution in [0.3, 0.4) is 0 Å². The molecule has 3 nitrogen and oxygen atoms in total. The van der Waals surface area contributed by atoms with Gasteiger partial charge in [0.1, 0.15) is 5.75 Å². The van der Waals surface area contributed by atoms with Crippen LogP contribution in [-0.4, -0.2) is 37.7 Å². The molecular formula is C15H24N2O. The second-order valence-electron chi connectivity index (χ2n) is 5.67. The van der Waals surface area contributed by atoms with Crippen LogP contribution in [0, 0.1) is 6.92 Å². The summed E-state index contributed by atoms with van der Waals surface area (Å²) < 4.78 is 5.40. The van der Waals surface area contributed by atoms with E-state index in [1.807, 2.05) is 0 Å². The summed E-state index contributed by atoms with van der Waals surface area (Å²) in [5, 5.41) is 0. The zero-order chi connectivity index (χ0) is 13.2. The zero-order valence-corrected chi connectivity index (χ0v) is 11.7. The van der Waals surface area contributed by atoms with Crippen LogP contribution in [0.15, 0.2) is 18.2 Å². The van der Waals surface area contributed by atoms with E-state index < -0.39 is 0 Å². The van der Waals surface area contributed by atoms with E-state index in [-0.39, 0.29) is 5.54 Å². The molecule has 0 radical (unpaired) electrons. The number of benzene rings is 1. The van der Waals surface area contributed by atoms with E-state index in [9.17, 15) is 0 Å². The number of likely N-dealkylation sites (N-methyl/N-ethyl adjacent to an activating group) is 1. The van der Waals surface area contributed by atoms with Gasteiger partial charge in [-0.05, 0) is 44.9 Å². The van der Waals surface area contributed by atoms with Gasteiger partial charge < -0.3 is 15.4 Å². The van der Waals surface area contributed by atoms with Crippen LogP contribution >= 0.6 is 0 Å². The minimum atomic E-state index is 0.103. The van der Waals surface area contributed by atoms with Crippen LogP contribution in [0.5, 0.6) is 5.75 Å². The molecule has 0 spiro atoms. The number of aryl methyl sites for hydroxylation is 1. The first-order valence-electron chi connectivity index (χ1n) is 6.63. The van der Waals surface area contributed by atoms with Gasteiger partial charge >= 0.3 is 0 Å². The molecule has 1 aliphatic rings. The summed E-state index contributed by atoms with van der Waals surface area (Å²) in [7, 11) is 3.88. The molecule has 0 aliphatic heterocycles. The molecule has 2 rings (SSSR count). The van der Waals surface area contributed by atoms with Gasteiger partial charge in [-0.25, -0.2) is 0 Å². The molecule has 0 amide bonds. The van der Waals surface area contributed by atoms with E-state index in [0.29, 0.717) is 0 Å². The molecule has 0 unspecified atom stereocenters. The lowest BCUT2D eigenvalue weighted by atomic mass is 10.1. The Hall–Kier alpha value is -1.06. The van der Waals surface area contributed by atoms with E-state index in [1.165, 1.54) is 24.0 Å². The summed E-state index contributed by atoms with van der Waals surface area (Å²) in [6, 6.07) is 6.35. The van der Waals surface area contributed by atoms with Crippen molar-refractivity contribution in [2.24, 2.45) is 5.73 Å². The van der Waals surface area contributed by atoms with Gasteiger partial charge in [-0.15, -0.1) is 0 Å². The van der Waals surface area contributed by atoms with Gasteiger partial charge in [0.15, 0.2) is 0 Å². The number of ether oxygens (including phenoxy) is 1. The van der Waals surface area contributed by atoms with E-state index in [2.05, 4.69) is 37.1 Å². The van der Waals surface area contributed by atoms with Gasteiger partial charge in [0, 0.05) is 18.6 Å². The SMILES string of the molecule is COc1ccc(C)cc1CCN(C)CC1(N)CC1. The fraction of sp³-hybridized carbons (Fsp3) is 0.600. The Bertz CT molecular complexity index is 413. The third kappa shape index (κ3) is 3.47. The summed E-state index contributed by atoms with van der Waals surface area (Å²) >= 11 is 0. The highest BCUT2D eigenvalue weighted by molar-refractivity contribution is 5.37. The molecule has 0 aromatic heterocycles. The van der Waals surface area contributed by atoms with Crippen LogP contribution in [-0.2, 0) is 6.42 Å². The number of methoxy groups -OCH3 is 1. The van der Waals surface area contributed by atoms with Crippen molar-refractivity contribution in [1.29, 1.82) is 0 Å². The maximum atomic E-state index is 6.13. The lowest BCUT2D eigenvalue weighted by Gasteiger charge is -2.21. The molecule has 1 aromatic carbocycles. The van der Waals surface area contributed by atoms with Gasteiger partial charge in [-0.3, -0.25) is 0 Å². The molecule has 18 heavy (non-hydrogen) atoms. The predicted molar refractivity (Wildman–Crippen MR) is 75.1 cm³/mol. The van der Waals surface area contributed by atoms with E-state index in [4.69, 9.17) is 10.5 Å². The molecule has 1 saturated carbocycles. The van der Waals surface area contributed by atoms with Crippen molar-refractivity contribution in [1.82, 2.24) is 4.90 Å². The Labute approximate surface area is 110 Å². The lowest BCUT2D eigenvalue weighted by Crippen LogP contribution is -2.38. The predicted octanol–water partition coefficient (Wildman–Crippen LogP) is 1.97. The molecule has 0 saturated heterocycles. The Morgan fingerprint density at radius 2 is 2.11 bits per heavy atom. The molecule has 3 heteroatoms. The van der Waals surface area contributed by atoms with Crippen molar-refractivity contribution >= 4 is 0 Å². The average molecular weight is 248 g/mol. The summed E-state index contributed by atoms with van der Waals surface area (Å²) in [5.41, 5.74) is 8.80. The molecular weight excluding hydrogens is 224 g/mol. The van der Waals surface area contributed by atoms with Crippen molar-refractivity contribution in [3.8, 4) is 5.75 Å². The second kappa shape index (κ2) is 5.29. The summed E-state index contributed by atoms with van der Waals surface area (Å²) in [6.07, 6.45) is 3.35. The fourth-order valence-electron chi connectivity index (χ4n) is 2.35. The number of hydrogen-bond acceptors (Lipinski definition) is 3.